The fraction of sp³-hybridized carbons (Fsp3) is 0.846. The molecule has 1 saturated carbocycles. The second-order valence-corrected chi connectivity index (χ2v) is 6.07. The number of rotatable bonds is 4. The van der Waals surface area contributed by atoms with Gasteiger partial charge in [0.1, 0.15) is 0 Å². The standard InChI is InChI=1S/C13H26N4O.HI/c1-5-15-10(18)13(7-6-8-13)9-16-11(14)17-12(2,3)4;/h5-9H2,1-4H3,(H,15,18)(H3,14,16,17);1H. The van der Waals surface area contributed by atoms with E-state index in [1.54, 1.807) is 0 Å². The van der Waals surface area contributed by atoms with E-state index in [9.17, 15) is 4.79 Å². The van der Waals surface area contributed by atoms with Gasteiger partial charge in [-0.15, -0.1) is 24.0 Å². The molecule has 0 unspecified atom stereocenters. The third-order valence-electron chi connectivity index (χ3n) is 3.18. The monoisotopic (exact) mass is 382 g/mol. The molecule has 1 rings (SSSR count). The van der Waals surface area contributed by atoms with Gasteiger partial charge < -0.3 is 16.4 Å². The zero-order valence-electron chi connectivity index (χ0n) is 12.4. The highest BCUT2D eigenvalue weighted by Crippen LogP contribution is 2.41. The second kappa shape index (κ2) is 7.31. The molecule has 19 heavy (non-hydrogen) atoms. The number of aliphatic imine (C=N–C) groups is 1. The number of amides is 1. The van der Waals surface area contributed by atoms with Gasteiger partial charge in [0.05, 0.1) is 12.0 Å². The van der Waals surface area contributed by atoms with Crippen molar-refractivity contribution in [3.63, 3.8) is 0 Å². The maximum absolute atomic E-state index is 12.0. The molecule has 1 amide bonds. The topological polar surface area (TPSA) is 79.5 Å². The molecule has 1 fully saturated rings. The first kappa shape index (κ1) is 18.5. The Hall–Kier alpha value is -0.530. The minimum Gasteiger partial charge on any atom is -0.370 e. The molecule has 0 aromatic carbocycles. The lowest BCUT2D eigenvalue weighted by molar-refractivity contribution is -0.135. The van der Waals surface area contributed by atoms with Crippen LogP contribution in [0.5, 0.6) is 0 Å². The van der Waals surface area contributed by atoms with Gasteiger partial charge in [-0.2, -0.15) is 0 Å². The van der Waals surface area contributed by atoms with E-state index in [4.69, 9.17) is 5.73 Å². The van der Waals surface area contributed by atoms with Crippen LogP contribution in [0.4, 0.5) is 0 Å². The molecule has 0 heterocycles. The normalized spacial score (nSPS) is 18.0. The van der Waals surface area contributed by atoms with Crippen LogP contribution in [0.1, 0.15) is 47.0 Å². The van der Waals surface area contributed by atoms with E-state index in [1.165, 1.54) is 0 Å². The molecule has 1 aliphatic rings. The zero-order valence-corrected chi connectivity index (χ0v) is 14.7. The molecular weight excluding hydrogens is 355 g/mol. The Morgan fingerprint density at radius 2 is 1.95 bits per heavy atom. The Morgan fingerprint density at radius 3 is 2.32 bits per heavy atom. The van der Waals surface area contributed by atoms with Crippen LogP contribution in [0.3, 0.4) is 0 Å². The van der Waals surface area contributed by atoms with Gasteiger partial charge >= 0.3 is 0 Å². The highest BCUT2D eigenvalue weighted by Gasteiger charge is 2.43. The van der Waals surface area contributed by atoms with E-state index in [-0.39, 0.29) is 40.8 Å². The van der Waals surface area contributed by atoms with Crippen molar-refractivity contribution in [1.29, 1.82) is 0 Å². The molecule has 0 saturated heterocycles. The summed E-state index contributed by atoms with van der Waals surface area (Å²) in [6.07, 6.45) is 2.91. The van der Waals surface area contributed by atoms with Crippen LogP contribution >= 0.6 is 24.0 Å². The molecule has 0 aromatic rings. The molecule has 0 spiro atoms. The van der Waals surface area contributed by atoms with Crippen LogP contribution in [-0.4, -0.2) is 30.5 Å². The lowest BCUT2D eigenvalue weighted by Crippen LogP contribution is -2.49. The molecule has 1 aliphatic carbocycles. The molecule has 0 aromatic heterocycles. The van der Waals surface area contributed by atoms with Gasteiger partial charge in [-0.1, -0.05) is 6.42 Å². The van der Waals surface area contributed by atoms with Crippen molar-refractivity contribution in [2.45, 2.75) is 52.5 Å². The summed E-state index contributed by atoms with van der Waals surface area (Å²) in [5, 5.41) is 6.00. The number of hydrogen-bond acceptors (Lipinski definition) is 2. The minimum atomic E-state index is -0.319. The lowest BCUT2D eigenvalue weighted by atomic mass is 9.68. The zero-order chi connectivity index (χ0) is 13.8. The molecule has 4 N–H and O–H groups in total. The lowest BCUT2D eigenvalue weighted by Gasteiger charge is -2.39. The van der Waals surface area contributed by atoms with Crippen LogP contribution in [-0.2, 0) is 4.79 Å². The number of guanidine groups is 1. The summed E-state index contributed by atoms with van der Waals surface area (Å²) < 4.78 is 0. The summed E-state index contributed by atoms with van der Waals surface area (Å²) in [5.41, 5.74) is 5.40. The fourth-order valence-corrected chi connectivity index (χ4v) is 2.07. The first-order chi connectivity index (χ1) is 8.29. The summed E-state index contributed by atoms with van der Waals surface area (Å²) in [7, 11) is 0. The van der Waals surface area contributed by atoms with E-state index < -0.39 is 0 Å². The van der Waals surface area contributed by atoms with Gasteiger partial charge in [0.15, 0.2) is 5.96 Å². The Kier molecular flexibility index (Phi) is 7.10. The maximum Gasteiger partial charge on any atom is 0.228 e. The van der Waals surface area contributed by atoms with Gasteiger partial charge in [-0.25, -0.2) is 0 Å². The van der Waals surface area contributed by atoms with Crippen molar-refractivity contribution < 1.29 is 4.79 Å². The number of nitrogens with one attached hydrogen (secondary N) is 2. The van der Waals surface area contributed by atoms with Crippen LogP contribution in [0.15, 0.2) is 4.99 Å². The largest absolute Gasteiger partial charge is 0.370 e. The van der Waals surface area contributed by atoms with E-state index >= 15 is 0 Å². The Morgan fingerprint density at radius 1 is 1.37 bits per heavy atom. The number of carbonyl (C=O) groups excluding carboxylic acids is 1. The predicted octanol–water partition coefficient (Wildman–Crippen LogP) is 1.61. The van der Waals surface area contributed by atoms with Gasteiger partial charge in [0.2, 0.25) is 5.91 Å². The van der Waals surface area contributed by atoms with E-state index in [1.807, 2.05) is 27.7 Å². The van der Waals surface area contributed by atoms with Gasteiger partial charge in [0, 0.05) is 12.1 Å². The molecule has 0 atom stereocenters. The molecule has 0 radical (unpaired) electrons. The van der Waals surface area contributed by atoms with Crippen LogP contribution in [0.2, 0.25) is 0 Å². The summed E-state index contributed by atoms with van der Waals surface area (Å²) in [6, 6.07) is 0. The highest BCUT2D eigenvalue weighted by molar-refractivity contribution is 14.0. The van der Waals surface area contributed by atoms with Crippen molar-refractivity contribution >= 4 is 35.8 Å². The average Bonchev–Trinajstić information content (AvgIpc) is 2.13. The van der Waals surface area contributed by atoms with Crippen LogP contribution < -0.4 is 16.4 Å². The predicted molar refractivity (Wildman–Crippen MR) is 89.8 cm³/mol. The first-order valence-corrected chi connectivity index (χ1v) is 6.65. The van der Waals surface area contributed by atoms with Crippen LogP contribution in [0.25, 0.3) is 0 Å². The smallest absolute Gasteiger partial charge is 0.228 e. The Balaban J connectivity index is 0.00000324. The van der Waals surface area contributed by atoms with Gasteiger partial charge in [0.25, 0.3) is 0 Å². The molecule has 0 aliphatic heterocycles. The quantitative estimate of drug-likeness (QED) is 0.393. The minimum absolute atomic E-state index is 0. The number of hydrogen-bond donors (Lipinski definition) is 3. The van der Waals surface area contributed by atoms with Crippen LogP contribution in [0, 0.1) is 5.41 Å². The summed E-state index contributed by atoms with van der Waals surface area (Å²) in [6.45, 7) is 9.16. The SMILES string of the molecule is CCNC(=O)C1(CN=C(N)NC(C)(C)C)CCC1.I. The molecule has 112 valence electrons. The third-order valence-corrected chi connectivity index (χ3v) is 3.18. The third kappa shape index (κ3) is 5.54. The van der Waals surface area contributed by atoms with Crippen molar-refractivity contribution in [3.05, 3.63) is 0 Å². The highest BCUT2D eigenvalue weighted by atomic mass is 127. The van der Waals surface area contributed by atoms with Crippen molar-refractivity contribution in [1.82, 2.24) is 10.6 Å². The molecular formula is C13H27IN4O. The van der Waals surface area contributed by atoms with Gasteiger partial charge in [-0.3, -0.25) is 9.79 Å². The van der Waals surface area contributed by atoms with E-state index in [2.05, 4.69) is 15.6 Å². The first-order valence-electron chi connectivity index (χ1n) is 6.65. The van der Waals surface area contributed by atoms with E-state index in [0.29, 0.717) is 19.0 Å². The molecule has 6 heteroatoms. The number of nitrogens with two attached hydrogens (primary N) is 1. The number of nitrogens with zero attached hydrogens (tertiary/aromatic N) is 1. The van der Waals surface area contributed by atoms with Crippen molar-refractivity contribution in [2.75, 3.05) is 13.1 Å². The molecule has 0 bridgehead atoms. The maximum atomic E-state index is 12.0. The summed E-state index contributed by atoms with van der Waals surface area (Å²) >= 11 is 0. The number of halogens is 1. The van der Waals surface area contributed by atoms with Gasteiger partial charge in [-0.05, 0) is 40.5 Å². The number of carbonyl (C=O) groups is 1. The Bertz CT molecular complexity index is 332. The van der Waals surface area contributed by atoms with E-state index in [0.717, 1.165) is 19.3 Å². The Labute approximate surface area is 133 Å². The van der Waals surface area contributed by atoms with Crippen molar-refractivity contribution in [2.24, 2.45) is 16.1 Å². The van der Waals surface area contributed by atoms with Crippen molar-refractivity contribution in [3.8, 4) is 0 Å². The summed E-state index contributed by atoms with van der Waals surface area (Å²) in [4.78, 5) is 16.3. The second-order valence-electron chi connectivity index (χ2n) is 6.07. The average molecular weight is 382 g/mol. The fourth-order valence-electron chi connectivity index (χ4n) is 2.07. The molecule has 5 nitrogen and oxygen atoms in total. The summed E-state index contributed by atoms with van der Waals surface area (Å²) in [5.74, 6) is 0.529.